The van der Waals surface area contributed by atoms with Crippen LogP contribution in [0.2, 0.25) is 0 Å². The summed E-state index contributed by atoms with van der Waals surface area (Å²) in [4.78, 5) is 0. The van der Waals surface area contributed by atoms with Crippen molar-refractivity contribution in [3.8, 4) is 0 Å². The first-order chi connectivity index (χ1) is 8.70. The number of aromatic nitrogens is 2. The number of rotatable bonds is 4. The summed E-state index contributed by atoms with van der Waals surface area (Å²) in [6.07, 6.45) is 7.41. The first-order valence-corrected chi connectivity index (χ1v) is 6.32. The van der Waals surface area contributed by atoms with Crippen LogP contribution in [0.25, 0.3) is 6.08 Å². The number of aryl methyl sites for hydroxylation is 2. The van der Waals surface area contributed by atoms with E-state index in [1.807, 2.05) is 6.07 Å². The van der Waals surface area contributed by atoms with E-state index in [-0.39, 0.29) is 0 Å². The van der Waals surface area contributed by atoms with Crippen molar-refractivity contribution < 1.29 is 4.57 Å². The molecule has 92 valence electrons. The molecular weight excluding hydrogens is 219 g/mol. The molecule has 2 nitrogen and oxygen atoms in total. The minimum absolute atomic E-state index is 1.03. The zero-order valence-corrected chi connectivity index (χ0v) is 11.3. The summed E-state index contributed by atoms with van der Waals surface area (Å²) in [5.41, 5.74) is 3.79. The molecule has 0 bridgehead atoms. The molecule has 1 aromatic carbocycles. The zero-order valence-electron chi connectivity index (χ0n) is 11.3. The van der Waals surface area contributed by atoms with Crippen LogP contribution in [0.3, 0.4) is 0 Å². The van der Waals surface area contributed by atoms with E-state index >= 15 is 0 Å². The second-order valence-corrected chi connectivity index (χ2v) is 4.51. The Kier molecular flexibility index (Phi) is 4.03. The summed E-state index contributed by atoms with van der Waals surface area (Å²) in [6.45, 7) is 2.19. The van der Waals surface area contributed by atoms with Crippen LogP contribution < -0.4 is 10.3 Å². The van der Waals surface area contributed by atoms with Crippen molar-refractivity contribution in [3.63, 3.8) is 0 Å². The molecular formula is C15H19BN2. The fourth-order valence-electron chi connectivity index (χ4n) is 1.98. The number of nitrogens with zero attached hydrogens (tertiary/aromatic N) is 2. The minimum Gasteiger partial charge on any atom is -0.288 e. The Hall–Kier alpha value is -1.77. The normalized spacial score (nSPS) is 11.8. The average Bonchev–Trinajstić information content (AvgIpc) is 2.70. The van der Waals surface area contributed by atoms with Crippen LogP contribution in [0, 0.1) is 0 Å². The van der Waals surface area contributed by atoms with Crippen LogP contribution in [0.5, 0.6) is 0 Å². The molecule has 2 rings (SSSR count). The maximum atomic E-state index is 2.24. The van der Waals surface area contributed by atoms with Gasteiger partial charge in [-0.15, -0.1) is 0 Å². The van der Waals surface area contributed by atoms with Gasteiger partial charge in [-0.1, -0.05) is 49.8 Å². The maximum Gasteiger partial charge on any atom is 0.125 e. The molecule has 0 amide bonds. The van der Waals surface area contributed by atoms with Crippen LogP contribution in [0.4, 0.5) is 0 Å². The monoisotopic (exact) mass is 238 g/mol. The van der Waals surface area contributed by atoms with Crippen molar-refractivity contribution >= 4 is 19.1 Å². The molecule has 2 aromatic rings. The van der Waals surface area contributed by atoms with Gasteiger partial charge in [-0.25, -0.2) is 0 Å². The van der Waals surface area contributed by atoms with E-state index < -0.39 is 0 Å². The van der Waals surface area contributed by atoms with E-state index in [1.165, 1.54) is 16.8 Å². The van der Waals surface area contributed by atoms with Crippen molar-refractivity contribution in [1.82, 2.24) is 4.57 Å². The number of benzene rings is 1. The van der Waals surface area contributed by atoms with Crippen molar-refractivity contribution in [2.45, 2.75) is 13.3 Å². The molecule has 0 aliphatic heterocycles. The topological polar surface area (TPSA) is 8.81 Å². The molecule has 2 radical (unpaired) electrons. The smallest absolute Gasteiger partial charge is 0.125 e. The first kappa shape index (κ1) is 12.7. The third-order valence-corrected chi connectivity index (χ3v) is 3.11. The van der Waals surface area contributed by atoms with E-state index in [2.05, 4.69) is 80.2 Å². The molecule has 0 atom stereocenters. The molecule has 0 aliphatic rings. The Morgan fingerprint density at radius 1 is 1.33 bits per heavy atom. The van der Waals surface area contributed by atoms with Gasteiger partial charge in [0, 0.05) is 5.72 Å². The summed E-state index contributed by atoms with van der Waals surface area (Å²) < 4.78 is 4.27. The van der Waals surface area contributed by atoms with E-state index in [0.717, 1.165) is 6.42 Å². The van der Waals surface area contributed by atoms with Gasteiger partial charge in [0.2, 0.25) is 0 Å². The third kappa shape index (κ3) is 2.92. The molecule has 1 aromatic heterocycles. The molecule has 0 unspecified atom stereocenters. The largest absolute Gasteiger partial charge is 0.288 e. The third-order valence-electron chi connectivity index (χ3n) is 3.11. The summed E-state index contributed by atoms with van der Waals surface area (Å²) in [6, 6.07) is 10.5. The van der Waals surface area contributed by atoms with E-state index in [0.29, 0.717) is 0 Å². The summed E-state index contributed by atoms with van der Waals surface area (Å²) in [5.74, 6) is 0. The lowest BCUT2D eigenvalue weighted by molar-refractivity contribution is -0.652. The lowest BCUT2D eigenvalue weighted by Crippen LogP contribution is -2.50. The van der Waals surface area contributed by atoms with Gasteiger partial charge in [0.15, 0.2) is 0 Å². The van der Waals surface area contributed by atoms with Crippen LogP contribution >= 0.6 is 0 Å². The molecule has 0 saturated carbocycles. The molecule has 1 heterocycles. The SMILES string of the molecule is CC/C([B-]c1n(C)cc[n+]1C)=C/c1ccccc1. The molecule has 0 spiro atoms. The average molecular weight is 238 g/mol. The van der Waals surface area contributed by atoms with Gasteiger partial charge in [-0.3, -0.25) is 14.6 Å². The Labute approximate surface area is 110 Å². The zero-order chi connectivity index (χ0) is 13.0. The van der Waals surface area contributed by atoms with Crippen LogP contribution in [-0.4, -0.2) is 11.8 Å². The lowest BCUT2D eigenvalue weighted by atomic mass is 9.66. The summed E-state index contributed by atoms with van der Waals surface area (Å²) in [5, 5.41) is 0. The standard InChI is InChI=1S/C15H19BN2/c1-4-14(12-13-8-6-5-7-9-13)16-15-17(2)10-11-18(15)3/h5-12H,4H2,1-3H3/b14-12-. The Balaban J connectivity index is 2.23. The highest BCUT2D eigenvalue weighted by atomic mass is 15.1. The van der Waals surface area contributed by atoms with Gasteiger partial charge in [-0.2, -0.15) is 7.28 Å². The second kappa shape index (κ2) is 5.72. The van der Waals surface area contributed by atoms with Gasteiger partial charge in [-0.05, 0) is 5.56 Å². The van der Waals surface area contributed by atoms with Crippen molar-refractivity contribution in [2.24, 2.45) is 14.1 Å². The molecule has 0 aliphatic carbocycles. The fraction of sp³-hybridized carbons (Fsp3) is 0.267. The molecule has 0 N–H and O–H groups in total. The number of allylic oxidation sites excluding steroid dienone is 1. The number of hydrogen-bond acceptors (Lipinski definition) is 0. The Morgan fingerprint density at radius 3 is 2.61 bits per heavy atom. The van der Waals surface area contributed by atoms with Gasteiger partial charge in [0.1, 0.15) is 12.4 Å². The number of imidazole rings is 1. The van der Waals surface area contributed by atoms with Crippen LogP contribution in [0.1, 0.15) is 18.9 Å². The minimum atomic E-state index is 1.03. The van der Waals surface area contributed by atoms with E-state index in [4.69, 9.17) is 0 Å². The van der Waals surface area contributed by atoms with Crippen LogP contribution in [0.15, 0.2) is 48.2 Å². The van der Waals surface area contributed by atoms with Gasteiger partial charge < -0.3 is 0 Å². The number of hydrogen-bond donors (Lipinski definition) is 0. The van der Waals surface area contributed by atoms with Gasteiger partial charge >= 0.3 is 0 Å². The Morgan fingerprint density at radius 2 is 2.06 bits per heavy atom. The molecule has 0 fully saturated rings. The lowest BCUT2D eigenvalue weighted by Gasteiger charge is -2.17. The highest BCUT2D eigenvalue weighted by Gasteiger charge is 1.99. The maximum absolute atomic E-state index is 2.24. The highest BCUT2D eigenvalue weighted by molar-refractivity contribution is 6.59. The fourth-order valence-corrected chi connectivity index (χ4v) is 1.98. The Bertz CT molecular complexity index is 521. The van der Waals surface area contributed by atoms with Crippen molar-refractivity contribution in [2.75, 3.05) is 0 Å². The van der Waals surface area contributed by atoms with E-state index in [1.54, 1.807) is 0 Å². The van der Waals surface area contributed by atoms with E-state index in [9.17, 15) is 0 Å². The van der Waals surface area contributed by atoms with Gasteiger partial charge in [0.05, 0.1) is 14.1 Å². The molecule has 0 saturated heterocycles. The van der Waals surface area contributed by atoms with Crippen LogP contribution in [-0.2, 0) is 14.1 Å². The second-order valence-electron chi connectivity index (χ2n) is 4.51. The predicted octanol–water partition coefficient (Wildman–Crippen LogP) is 1.63. The summed E-state index contributed by atoms with van der Waals surface area (Å²) >= 11 is 0. The van der Waals surface area contributed by atoms with Crippen molar-refractivity contribution in [3.05, 3.63) is 53.8 Å². The van der Waals surface area contributed by atoms with Crippen molar-refractivity contribution in [1.29, 1.82) is 0 Å². The highest BCUT2D eigenvalue weighted by Crippen LogP contribution is 2.08. The molecule has 18 heavy (non-hydrogen) atoms. The van der Waals surface area contributed by atoms with Gasteiger partial charge in [0.25, 0.3) is 0 Å². The molecule has 3 heteroatoms. The summed E-state index contributed by atoms with van der Waals surface area (Å²) in [7, 11) is 6.39. The first-order valence-electron chi connectivity index (χ1n) is 6.32. The predicted molar refractivity (Wildman–Crippen MR) is 76.7 cm³/mol. The quantitative estimate of drug-likeness (QED) is 0.565.